The molecule has 3 amide bonds. The number of hydrogen-bond acceptors (Lipinski definition) is 9. The van der Waals surface area contributed by atoms with Crippen molar-refractivity contribution in [1.29, 1.82) is 0 Å². The molecule has 41 heavy (non-hydrogen) atoms. The van der Waals surface area contributed by atoms with E-state index in [9.17, 15) is 19.5 Å². The Labute approximate surface area is 234 Å². The molecule has 4 N–H and O–H groups in total. The van der Waals surface area contributed by atoms with Crippen molar-refractivity contribution in [2.75, 3.05) is 11.4 Å². The molecule has 0 saturated carbocycles. The van der Waals surface area contributed by atoms with Gasteiger partial charge < -0.3 is 35.2 Å². The quantitative estimate of drug-likeness (QED) is 0.325. The van der Waals surface area contributed by atoms with Crippen LogP contribution in [0.3, 0.4) is 0 Å². The van der Waals surface area contributed by atoms with Crippen molar-refractivity contribution in [1.82, 2.24) is 30.9 Å². The van der Waals surface area contributed by atoms with Crippen LogP contribution in [0.1, 0.15) is 49.4 Å². The van der Waals surface area contributed by atoms with Gasteiger partial charge in [-0.25, -0.2) is 4.39 Å². The highest BCUT2D eigenvalue weighted by Gasteiger charge is 2.63. The number of nitrogens with zero attached hydrogens (tertiary/aromatic N) is 4. The van der Waals surface area contributed by atoms with E-state index in [4.69, 9.17) is 9.26 Å². The zero-order valence-electron chi connectivity index (χ0n) is 23.1. The van der Waals surface area contributed by atoms with Crippen LogP contribution in [0.15, 0.2) is 22.9 Å². The molecule has 2 aromatic heterocycles. The Hall–Kier alpha value is -4.04. The first-order chi connectivity index (χ1) is 19.5. The van der Waals surface area contributed by atoms with E-state index >= 15 is 4.39 Å². The number of carbonyl (C=O) groups excluding carboxylic acids is 3. The maximum atomic E-state index is 16.2. The van der Waals surface area contributed by atoms with E-state index in [-0.39, 0.29) is 48.0 Å². The summed E-state index contributed by atoms with van der Waals surface area (Å²) in [5, 5.41) is 25.9. The summed E-state index contributed by atoms with van der Waals surface area (Å²) in [6, 6.07) is 2.48. The van der Waals surface area contributed by atoms with E-state index in [1.807, 2.05) is 13.1 Å². The van der Waals surface area contributed by atoms with E-state index in [0.29, 0.717) is 17.2 Å². The average molecular weight is 570 g/mol. The SMILES string of the molecule is CC(C)Cn1ccc(CNC(=O)c2noc3c(F)c4c(cc23)CC2(C(=O)NC(O)NC2=O)C2C(C)OC(C)CN42)n1. The van der Waals surface area contributed by atoms with Crippen molar-refractivity contribution in [3.05, 3.63) is 41.1 Å². The van der Waals surface area contributed by atoms with Gasteiger partial charge in [0.05, 0.1) is 41.6 Å². The van der Waals surface area contributed by atoms with Gasteiger partial charge in [0.1, 0.15) is 0 Å². The standard InChI is InChI=1S/C27H32FN7O6/c1-12(2)10-34-6-5-16(32-34)9-29-23(36)19-17-7-15-8-27(24(37)30-26(39)31-25(27)38)22-14(4)40-13(3)11-35(22)20(15)18(28)21(17)41-33-19/h5-7,12-14,22,26,39H,8-11H2,1-4H3,(H,29,36)(H,30,37)(H,31,38). The topological polar surface area (TPSA) is 164 Å². The normalized spacial score (nSPS) is 27.5. The van der Waals surface area contributed by atoms with Gasteiger partial charge >= 0.3 is 0 Å². The summed E-state index contributed by atoms with van der Waals surface area (Å²) in [6.45, 7) is 8.76. The number of anilines is 1. The first-order valence-corrected chi connectivity index (χ1v) is 13.6. The Kier molecular flexibility index (Phi) is 6.49. The van der Waals surface area contributed by atoms with Crippen molar-refractivity contribution in [2.24, 2.45) is 11.3 Å². The zero-order valence-corrected chi connectivity index (χ0v) is 23.1. The molecule has 3 aromatic rings. The number of ether oxygens (including phenoxy) is 1. The first kappa shape index (κ1) is 27.1. The summed E-state index contributed by atoms with van der Waals surface area (Å²) < 4.78 is 29.3. The monoisotopic (exact) mass is 569 g/mol. The molecule has 2 saturated heterocycles. The maximum absolute atomic E-state index is 16.2. The molecule has 218 valence electrons. The zero-order chi connectivity index (χ0) is 29.2. The summed E-state index contributed by atoms with van der Waals surface area (Å²) in [6.07, 6.45) is -0.864. The minimum absolute atomic E-state index is 0.115. The number of aliphatic hydroxyl groups is 1. The molecule has 0 aliphatic carbocycles. The van der Waals surface area contributed by atoms with Crippen molar-refractivity contribution < 1.29 is 33.1 Å². The largest absolute Gasteiger partial charge is 0.372 e. The third-order valence-corrected chi connectivity index (χ3v) is 7.94. The summed E-state index contributed by atoms with van der Waals surface area (Å²) in [5.41, 5.74) is -0.906. The molecule has 2 fully saturated rings. The molecule has 3 unspecified atom stereocenters. The van der Waals surface area contributed by atoms with Gasteiger partial charge in [-0.05, 0) is 37.5 Å². The predicted molar refractivity (Wildman–Crippen MR) is 142 cm³/mol. The number of aliphatic hydroxyl groups excluding tert-OH is 1. The fraction of sp³-hybridized carbons (Fsp3) is 0.519. The minimum Gasteiger partial charge on any atom is -0.372 e. The Morgan fingerprint density at radius 3 is 2.73 bits per heavy atom. The average Bonchev–Trinajstić information content (AvgIpc) is 3.52. The van der Waals surface area contributed by atoms with Gasteiger partial charge in [-0.1, -0.05) is 19.0 Å². The third-order valence-electron chi connectivity index (χ3n) is 7.94. The van der Waals surface area contributed by atoms with Crippen LogP contribution in [0.2, 0.25) is 0 Å². The summed E-state index contributed by atoms with van der Waals surface area (Å²) in [5.74, 6) is -2.31. The number of rotatable bonds is 5. The van der Waals surface area contributed by atoms with Crippen LogP contribution < -0.4 is 20.9 Å². The van der Waals surface area contributed by atoms with Gasteiger partial charge in [0.15, 0.2) is 16.9 Å². The van der Waals surface area contributed by atoms with Crippen molar-refractivity contribution in [3.8, 4) is 0 Å². The second-order valence-electron chi connectivity index (χ2n) is 11.5. The van der Waals surface area contributed by atoms with Crippen molar-refractivity contribution in [3.63, 3.8) is 0 Å². The lowest BCUT2D eigenvalue weighted by atomic mass is 9.66. The van der Waals surface area contributed by atoms with Gasteiger partial charge in [-0.15, -0.1) is 0 Å². The minimum atomic E-state index is -1.72. The van der Waals surface area contributed by atoms with E-state index in [2.05, 4.69) is 40.1 Å². The highest BCUT2D eigenvalue weighted by Crippen LogP contribution is 2.49. The number of amides is 3. The number of carbonyl (C=O) groups is 3. The fourth-order valence-corrected chi connectivity index (χ4v) is 6.42. The van der Waals surface area contributed by atoms with Gasteiger partial charge in [-0.2, -0.15) is 5.10 Å². The van der Waals surface area contributed by atoms with Gasteiger partial charge in [0.2, 0.25) is 23.7 Å². The molecule has 0 bridgehead atoms. The molecule has 3 atom stereocenters. The van der Waals surface area contributed by atoms with E-state index in [1.165, 1.54) is 0 Å². The molecule has 3 aliphatic heterocycles. The highest BCUT2D eigenvalue weighted by atomic mass is 19.1. The van der Waals surface area contributed by atoms with Crippen LogP contribution in [-0.2, 0) is 33.8 Å². The molecule has 1 spiro atoms. The van der Waals surface area contributed by atoms with Crippen molar-refractivity contribution in [2.45, 2.75) is 71.8 Å². The van der Waals surface area contributed by atoms with Crippen LogP contribution in [0, 0.1) is 17.2 Å². The van der Waals surface area contributed by atoms with Crippen LogP contribution in [0.4, 0.5) is 10.1 Å². The first-order valence-electron chi connectivity index (χ1n) is 13.6. The highest BCUT2D eigenvalue weighted by molar-refractivity contribution is 6.10. The van der Waals surface area contributed by atoms with Gasteiger partial charge in [0, 0.05) is 25.7 Å². The van der Waals surface area contributed by atoms with Gasteiger partial charge in [0.25, 0.3) is 5.91 Å². The van der Waals surface area contributed by atoms with E-state index < -0.39 is 47.5 Å². The fourth-order valence-electron chi connectivity index (χ4n) is 6.42. The van der Waals surface area contributed by atoms with E-state index in [0.717, 1.165) is 6.54 Å². The predicted octanol–water partition coefficient (Wildman–Crippen LogP) is 0.796. The molecule has 0 radical (unpaired) electrons. The summed E-state index contributed by atoms with van der Waals surface area (Å²) in [7, 11) is 0. The number of nitrogens with one attached hydrogen (secondary N) is 3. The number of fused-ring (bicyclic) bond motifs is 5. The Bertz CT molecular complexity index is 1530. The summed E-state index contributed by atoms with van der Waals surface area (Å²) in [4.78, 5) is 41.7. The molecule has 13 nitrogen and oxygen atoms in total. The lowest BCUT2D eigenvalue weighted by Gasteiger charge is -2.55. The molecular weight excluding hydrogens is 537 g/mol. The van der Waals surface area contributed by atoms with E-state index in [1.54, 1.807) is 28.6 Å². The number of aromatic nitrogens is 3. The number of halogens is 1. The Morgan fingerprint density at radius 2 is 2.02 bits per heavy atom. The molecule has 6 rings (SSSR count). The van der Waals surface area contributed by atoms with Crippen LogP contribution in [-0.4, -0.2) is 68.9 Å². The number of benzene rings is 1. The lowest BCUT2D eigenvalue weighted by molar-refractivity contribution is -0.163. The maximum Gasteiger partial charge on any atom is 0.274 e. The number of morpholine rings is 1. The lowest BCUT2D eigenvalue weighted by Crippen LogP contribution is -2.76. The van der Waals surface area contributed by atoms with Crippen LogP contribution in [0.25, 0.3) is 11.0 Å². The third kappa shape index (κ3) is 4.32. The van der Waals surface area contributed by atoms with Crippen LogP contribution >= 0.6 is 0 Å². The Balaban J connectivity index is 1.38. The van der Waals surface area contributed by atoms with Crippen LogP contribution in [0.5, 0.6) is 0 Å². The molecule has 5 heterocycles. The molecular formula is C27H32FN7O6. The molecule has 3 aliphatic rings. The second kappa shape index (κ2) is 9.80. The van der Waals surface area contributed by atoms with Crippen molar-refractivity contribution >= 4 is 34.4 Å². The molecule has 14 heteroatoms. The molecule has 1 aromatic carbocycles. The smallest absolute Gasteiger partial charge is 0.274 e. The van der Waals surface area contributed by atoms with Gasteiger partial charge in [-0.3, -0.25) is 19.1 Å². The number of hydrogen-bond donors (Lipinski definition) is 4. The summed E-state index contributed by atoms with van der Waals surface area (Å²) >= 11 is 0. The second-order valence-corrected chi connectivity index (χ2v) is 11.5. The Morgan fingerprint density at radius 1 is 1.29 bits per heavy atom.